The molecule has 0 heterocycles. The summed E-state index contributed by atoms with van der Waals surface area (Å²) in [6.07, 6.45) is -1.61. The van der Waals surface area contributed by atoms with Gasteiger partial charge in [0.1, 0.15) is 6.04 Å². The van der Waals surface area contributed by atoms with E-state index in [1.54, 1.807) is 74.5 Å². The first-order chi connectivity index (χ1) is 13.8. The Hall–Kier alpha value is -3.19. The summed E-state index contributed by atoms with van der Waals surface area (Å²) in [5.74, 6) is -2.06. The molecular weight excluding hydrogens is 372 g/mol. The fraction of sp³-hybridized carbons (Fsp3) is 0.318. The van der Waals surface area contributed by atoms with Crippen molar-refractivity contribution in [1.29, 1.82) is 0 Å². The van der Waals surface area contributed by atoms with Crippen molar-refractivity contribution in [3.05, 3.63) is 71.8 Å². The minimum atomic E-state index is -1.61. The van der Waals surface area contributed by atoms with E-state index < -0.39 is 36.0 Å². The van der Waals surface area contributed by atoms with E-state index >= 15 is 0 Å². The molecule has 0 radical (unpaired) electrons. The molecule has 2 amide bonds. The van der Waals surface area contributed by atoms with Crippen molar-refractivity contribution < 1.29 is 24.2 Å². The number of hydrogen-bond acceptors (Lipinski definition) is 5. The van der Waals surface area contributed by atoms with Crippen LogP contribution in [0.15, 0.2) is 60.7 Å². The van der Waals surface area contributed by atoms with E-state index in [4.69, 9.17) is 4.74 Å². The molecule has 154 valence electrons. The SMILES string of the molecule is COC(=O)[C@H](NC(=O)[C@H](O)[C@@H](NC(=O)c1ccccc1)c1ccccc1)C(C)C. The Morgan fingerprint density at radius 3 is 1.97 bits per heavy atom. The third-order valence-electron chi connectivity index (χ3n) is 4.49. The lowest BCUT2D eigenvalue weighted by atomic mass is 9.98. The second kappa shape index (κ2) is 10.4. The van der Waals surface area contributed by atoms with Crippen LogP contribution in [0.1, 0.15) is 35.8 Å². The van der Waals surface area contributed by atoms with Crippen molar-refractivity contribution in [2.24, 2.45) is 5.92 Å². The van der Waals surface area contributed by atoms with Crippen molar-refractivity contribution >= 4 is 17.8 Å². The Morgan fingerprint density at radius 2 is 1.45 bits per heavy atom. The molecular formula is C22H26N2O5. The normalized spacial score (nSPS) is 13.8. The number of rotatable bonds is 8. The number of ether oxygens (including phenoxy) is 1. The minimum absolute atomic E-state index is 0.243. The van der Waals surface area contributed by atoms with Crippen molar-refractivity contribution in [3.8, 4) is 0 Å². The van der Waals surface area contributed by atoms with Crippen molar-refractivity contribution in [2.75, 3.05) is 7.11 Å². The highest BCUT2D eigenvalue weighted by atomic mass is 16.5. The number of nitrogens with one attached hydrogen (secondary N) is 2. The van der Waals surface area contributed by atoms with Gasteiger partial charge < -0.3 is 20.5 Å². The second-order valence-electron chi connectivity index (χ2n) is 6.93. The van der Waals surface area contributed by atoms with E-state index in [0.717, 1.165) is 0 Å². The molecule has 2 rings (SSSR count). The van der Waals surface area contributed by atoms with Crippen LogP contribution in [0.5, 0.6) is 0 Å². The summed E-state index contributed by atoms with van der Waals surface area (Å²) >= 11 is 0. The average Bonchev–Trinajstić information content (AvgIpc) is 2.75. The van der Waals surface area contributed by atoms with Gasteiger partial charge in [-0.05, 0) is 23.6 Å². The van der Waals surface area contributed by atoms with Crippen LogP contribution in [0.25, 0.3) is 0 Å². The predicted molar refractivity (Wildman–Crippen MR) is 108 cm³/mol. The smallest absolute Gasteiger partial charge is 0.328 e. The lowest BCUT2D eigenvalue weighted by molar-refractivity contribution is -0.148. The van der Waals surface area contributed by atoms with Crippen LogP contribution < -0.4 is 10.6 Å². The molecule has 0 aliphatic rings. The van der Waals surface area contributed by atoms with Crippen LogP contribution in [-0.2, 0) is 14.3 Å². The molecule has 0 aromatic heterocycles. The molecule has 7 nitrogen and oxygen atoms in total. The Labute approximate surface area is 170 Å². The number of amides is 2. The second-order valence-corrected chi connectivity index (χ2v) is 6.93. The molecule has 0 unspecified atom stereocenters. The highest BCUT2D eigenvalue weighted by molar-refractivity contribution is 5.95. The van der Waals surface area contributed by atoms with Gasteiger partial charge in [-0.3, -0.25) is 9.59 Å². The summed E-state index contributed by atoms with van der Waals surface area (Å²) in [5.41, 5.74) is 0.953. The zero-order valence-corrected chi connectivity index (χ0v) is 16.7. The summed E-state index contributed by atoms with van der Waals surface area (Å²) in [6.45, 7) is 3.50. The molecule has 0 saturated carbocycles. The highest BCUT2D eigenvalue weighted by Gasteiger charge is 2.33. The molecule has 0 bridgehead atoms. The van der Waals surface area contributed by atoms with Crippen molar-refractivity contribution in [1.82, 2.24) is 10.6 Å². The van der Waals surface area contributed by atoms with E-state index in [0.29, 0.717) is 11.1 Å². The fourth-order valence-corrected chi connectivity index (χ4v) is 2.83. The fourth-order valence-electron chi connectivity index (χ4n) is 2.83. The topological polar surface area (TPSA) is 105 Å². The number of carbonyl (C=O) groups is 3. The van der Waals surface area contributed by atoms with Crippen molar-refractivity contribution in [2.45, 2.75) is 32.0 Å². The Bertz CT molecular complexity index is 824. The largest absolute Gasteiger partial charge is 0.467 e. The Balaban J connectivity index is 2.24. The summed E-state index contributed by atoms with van der Waals surface area (Å²) in [6, 6.07) is 15.3. The number of aliphatic hydroxyl groups excluding tert-OH is 1. The summed E-state index contributed by atoms with van der Waals surface area (Å²) in [4.78, 5) is 37.2. The van der Waals surface area contributed by atoms with E-state index in [1.165, 1.54) is 7.11 Å². The van der Waals surface area contributed by atoms with Crippen LogP contribution in [-0.4, -0.2) is 42.1 Å². The molecule has 2 aromatic carbocycles. The highest BCUT2D eigenvalue weighted by Crippen LogP contribution is 2.19. The molecule has 0 aliphatic carbocycles. The van der Waals surface area contributed by atoms with Crippen LogP contribution in [0.4, 0.5) is 0 Å². The predicted octanol–water partition coefficient (Wildman–Crippen LogP) is 1.83. The standard InChI is InChI=1S/C22H26N2O5/c1-14(2)17(22(28)29-3)23-21(27)19(25)18(15-10-6-4-7-11-15)24-20(26)16-12-8-5-9-13-16/h4-14,17-19,25H,1-3H3,(H,23,27)(H,24,26)/t17-,18+,19-/m1/s1. The van der Waals surface area contributed by atoms with Gasteiger partial charge in [0.25, 0.3) is 11.8 Å². The van der Waals surface area contributed by atoms with Crippen LogP contribution in [0, 0.1) is 5.92 Å². The van der Waals surface area contributed by atoms with Gasteiger partial charge in [0.15, 0.2) is 6.10 Å². The first-order valence-electron chi connectivity index (χ1n) is 9.32. The van der Waals surface area contributed by atoms with E-state index in [1.807, 2.05) is 0 Å². The van der Waals surface area contributed by atoms with Gasteiger partial charge in [-0.1, -0.05) is 62.4 Å². The molecule has 0 aliphatic heterocycles. The summed E-state index contributed by atoms with van der Waals surface area (Å²) in [7, 11) is 1.23. The number of aliphatic hydroxyl groups is 1. The molecule has 3 atom stereocenters. The maximum Gasteiger partial charge on any atom is 0.328 e. The Morgan fingerprint density at radius 1 is 0.897 bits per heavy atom. The number of benzene rings is 2. The Kier molecular flexibility index (Phi) is 7.91. The van der Waals surface area contributed by atoms with Gasteiger partial charge in [-0.15, -0.1) is 0 Å². The van der Waals surface area contributed by atoms with Gasteiger partial charge in [-0.2, -0.15) is 0 Å². The molecule has 3 N–H and O–H groups in total. The van der Waals surface area contributed by atoms with Gasteiger partial charge in [0, 0.05) is 5.56 Å². The van der Waals surface area contributed by atoms with Crippen LogP contribution in [0.3, 0.4) is 0 Å². The summed E-state index contributed by atoms with van der Waals surface area (Å²) in [5, 5.41) is 16.0. The van der Waals surface area contributed by atoms with E-state index in [2.05, 4.69) is 10.6 Å². The third kappa shape index (κ3) is 5.89. The zero-order valence-electron chi connectivity index (χ0n) is 16.7. The number of hydrogen-bond donors (Lipinski definition) is 3. The van der Waals surface area contributed by atoms with E-state index in [9.17, 15) is 19.5 Å². The van der Waals surface area contributed by atoms with Crippen LogP contribution in [0.2, 0.25) is 0 Å². The average molecular weight is 398 g/mol. The maximum absolute atomic E-state index is 12.7. The van der Waals surface area contributed by atoms with Gasteiger partial charge in [0.2, 0.25) is 0 Å². The molecule has 29 heavy (non-hydrogen) atoms. The van der Waals surface area contributed by atoms with E-state index in [-0.39, 0.29) is 5.92 Å². The lowest BCUT2D eigenvalue weighted by Gasteiger charge is -2.27. The zero-order chi connectivity index (χ0) is 21.4. The third-order valence-corrected chi connectivity index (χ3v) is 4.49. The minimum Gasteiger partial charge on any atom is -0.467 e. The molecule has 7 heteroatoms. The number of carbonyl (C=O) groups excluding carboxylic acids is 3. The van der Waals surface area contributed by atoms with Gasteiger partial charge in [0.05, 0.1) is 13.2 Å². The maximum atomic E-state index is 12.7. The quantitative estimate of drug-likeness (QED) is 0.589. The summed E-state index contributed by atoms with van der Waals surface area (Å²) < 4.78 is 4.72. The van der Waals surface area contributed by atoms with Crippen LogP contribution >= 0.6 is 0 Å². The first kappa shape index (κ1) is 22.1. The monoisotopic (exact) mass is 398 g/mol. The number of esters is 1. The number of methoxy groups -OCH3 is 1. The molecule has 0 spiro atoms. The molecule has 0 saturated heterocycles. The molecule has 2 aromatic rings. The van der Waals surface area contributed by atoms with Crippen molar-refractivity contribution in [3.63, 3.8) is 0 Å². The first-order valence-corrected chi connectivity index (χ1v) is 9.32. The lowest BCUT2D eigenvalue weighted by Crippen LogP contribution is -2.52. The molecule has 0 fully saturated rings. The van der Waals surface area contributed by atoms with Gasteiger partial charge >= 0.3 is 5.97 Å². The van der Waals surface area contributed by atoms with Gasteiger partial charge in [-0.25, -0.2) is 4.79 Å².